The van der Waals surface area contributed by atoms with E-state index in [0.29, 0.717) is 6.42 Å². The van der Waals surface area contributed by atoms with E-state index in [-0.39, 0.29) is 5.91 Å². The Kier molecular flexibility index (Phi) is 9.79. The number of ether oxygens (including phenoxy) is 1. The second-order valence-electron chi connectivity index (χ2n) is 8.96. The molecular formula is C28H39N3O2. The van der Waals surface area contributed by atoms with Crippen LogP contribution in [0.2, 0.25) is 0 Å². The number of para-hydroxylation sites is 2. The summed E-state index contributed by atoms with van der Waals surface area (Å²) in [6, 6.07) is 14.8. The van der Waals surface area contributed by atoms with Gasteiger partial charge < -0.3 is 14.6 Å². The molecule has 1 N–H and O–H groups in total. The van der Waals surface area contributed by atoms with Crippen LogP contribution in [0.25, 0.3) is 11.0 Å². The van der Waals surface area contributed by atoms with Crippen LogP contribution in [0.4, 0.5) is 0 Å². The van der Waals surface area contributed by atoms with Crippen molar-refractivity contribution in [2.45, 2.75) is 78.7 Å². The summed E-state index contributed by atoms with van der Waals surface area (Å²) in [5.41, 5.74) is 4.77. The van der Waals surface area contributed by atoms with Gasteiger partial charge in [-0.1, -0.05) is 31.5 Å². The first-order valence-electron chi connectivity index (χ1n) is 12.5. The second-order valence-corrected chi connectivity index (χ2v) is 8.96. The number of unbranched alkanes of at least 4 members (excludes halogenated alkanes) is 3. The topological polar surface area (TPSA) is 56.2 Å². The minimum absolute atomic E-state index is 0.167. The van der Waals surface area contributed by atoms with E-state index in [4.69, 9.17) is 9.72 Å². The highest BCUT2D eigenvalue weighted by Crippen LogP contribution is 2.20. The molecule has 0 aliphatic carbocycles. The number of hydrogen-bond donors (Lipinski definition) is 1. The molecule has 0 radical (unpaired) electrons. The van der Waals surface area contributed by atoms with Gasteiger partial charge in [0.2, 0.25) is 5.91 Å². The summed E-state index contributed by atoms with van der Waals surface area (Å²) >= 11 is 0. The lowest BCUT2D eigenvalue weighted by Gasteiger charge is -2.11. The number of carbonyl (C=O) groups is 1. The maximum absolute atomic E-state index is 11.6. The number of amides is 1. The van der Waals surface area contributed by atoms with E-state index in [1.807, 2.05) is 6.92 Å². The zero-order valence-electron chi connectivity index (χ0n) is 20.5. The summed E-state index contributed by atoms with van der Waals surface area (Å²) in [5.74, 6) is 2.30. The number of nitrogens with zero attached hydrogens (tertiary/aromatic N) is 2. The fourth-order valence-electron chi connectivity index (χ4n) is 4.27. The summed E-state index contributed by atoms with van der Waals surface area (Å²) in [4.78, 5) is 16.5. The third kappa shape index (κ3) is 7.92. The zero-order valence-corrected chi connectivity index (χ0v) is 20.5. The van der Waals surface area contributed by atoms with E-state index in [0.717, 1.165) is 75.9 Å². The van der Waals surface area contributed by atoms with Crippen molar-refractivity contribution in [1.82, 2.24) is 14.9 Å². The molecule has 0 saturated carbocycles. The number of nitrogens with one attached hydrogen (secondary N) is 1. The van der Waals surface area contributed by atoms with Crippen molar-refractivity contribution in [2.24, 2.45) is 0 Å². The van der Waals surface area contributed by atoms with Gasteiger partial charge in [0.25, 0.3) is 0 Å². The monoisotopic (exact) mass is 449 g/mol. The highest BCUT2D eigenvalue weighted by Gasteiger charge is 2.10. The summed E-state index contributed by atoms with van der Waals surface area (Å²) in [7, 11) is 0. The molecule has 0 aliphatic heterocycles. The molecule has 0 unspecified atom stereocenters. The zero-order chi connectivity index (χ0) is 23.5. The van der Waals surface area contributed by atoms with Gasteiger partial charge in [-0.15, -0.1) is 0 Å². The average molecular weight is 450 g/mol. The van der Waals surface area contributed by atoms with Gasteiger partial charge in [-0.3, -0.25) is 4.79 Å². The van der Waals surface area contributed by atoms with Crippen LogP contribution in [0.3, 0.4) is 0 Å². The third-order valence-electron chi connectivity index (χ3n) is 5.85. The number of aryl methyl sites for hydroxylation is 4. The molecule has 0 bridgehead atoms. The standard InChI is InChI=1S/C28H39N3O2/c1-4-12-28(32)29-16-9-5-6-15-27-30-25-13-7-8-14-26(25)31(27)17-10-11-18-33-24-20-22(2)19-23(3)21-24/h7-8,13-14,19-21H,4-6,9-12,15-18H2,1-3H3,(H,29,32). The smallest absolute Gasteiger partial charge is 0.219 e. The normalized spacial score (nSPS) is 11.1. The number of hydrogen-bond acceptors (Lipinski definition) is 3. The minimum Gasteiger partial charge on any atom is -0.494 e. The molecule has 0 saturated heterocycles. The summed E-state index contributed by atoms with van der Waals surface area (Å²) in [5, 5.41) is 3.00. The van der Waals surface area contributed by atoms with Crippen LogP contribution in [0, 0.1) is 13.8 Å². The number of carbonyl (C=O) groups excluding carboxylic acids is 1. The lowest BCUT2D eigenvalue weighted by atomic mass is 10.1. The quantitative estimate of drug-likeness (QED) is 0.301. The molecule has 2 aromatic carbocycles. The van der Waals surface area contributed by atoms with Crippen molar-refractivity contribution < 1.29 is 9.53 Å². The first kappa shape index (κ1) is 24.8. The fourth-order valence-corrected chi connectivity index (χ4v) is 4.27. The van der Waals surface area contributed by atoms with Crippen molar-refractivity contribution in [3.05, 3.63) is 59.4 Å². The Labute approximate surface area is 198 Å². The van der Waals surface area contributed by atoms with Crippen molar-refractivity contribution >= 4 is 16.9 Å². The molecule has 0 atom stereocenters. The minimum atomic E-state index is 0.167. The Morgan fingerprint density at radius 2 is 1.79 bits per heavy atom. The van der Waals surface area contributed by atoms with Gasteiger partial charge in [0.1, 0.15) is 11.6 Å². The lowest BCUT2D eigenvalue weighted by Crippen LogP contribution is -2.23. The van der Waals surface area contributed by atoms with Crippen LogP contribution in [-0.4, -0.2) is 28.6 Å². The van der Waals surface area contributed by atoms with Crippen molar-refractivity contribution in [1.29, 1.82) is 0 Å². The number of benzene rings is 2. The maximum atomic E-state index is 11.6. The first-order chi connectivity index (χ1) is 16.1. The molecule has 1 amide bonds. The third-order valence-corrected chi connectivity index (χ3v) is 5.85. The summed E-state index contributed by atoms with van der Waals surface area (Å²) in [6.07, 6.45) is 7.77. The fraction of sp³-hybridized carbons (Fsp3) is 0.500. The molecule has 3 aromatic rings. The first-order valence-corrected chi connectivity index (χ1v) is 12.5. The van der Waals surface area contributed by atoms with Crippen LogP contribution in [0.5, 0.6) is 5.75 Å². The Balaban J connectivity index is 1.46. The number of imidazole rings is 1. The average Bonchev–Trinajstić information content (AvgIpc) is 3.13. The Bertz CT molecular complexity index is 1000. The maximum Gasteiger partial charge on any atom is 0.219 e. The highest BCUT2D eigenvalue weighted by atomic mass is 16.5. The predicted octanol–water partition coefficient (Wildman–Crippen LogP) is 6.14. The molecule has 5 heteroatoms. The van der Waals surface area contributed by atoms with Crippen LogP contribution in [0.1, 0.15) is 68.8 Å². The molecule has 33 heavy (non-hydrogen) atoms. The summed E-state index contributed by atoms with van der Waals surface area (Å²) in [6.45, 7) is 8.70. The Morgan fingerprint density at radius 1 is 1.00 bits per heavy atom. The van der Waals surface area contributed by atoms with Crippen molar-refractivity contribution in [2.75, 3.05) is 13.2 Å². The van der Waals surface area contributed by atoms with Crippen molar-refractivity contribution in [3.63, 3.8) is 0 Å². The molecule has 178 valence electrons. The molecule has 5 nitrogen and oxygen atoms in total. The van der Waals surface area contributed by atoms with E-state index < -0.39 is 0 Å². The lowest BCUT2D eigenvalue weighted by molar-refractivity contribution is -0.121. The Hall–Kier alpha value is -2.82. The summed E-state index contributed by atoms with van der Waals surface area (Å²) < 4.78 is 8.37. The van der Waals surface area contributed by atoms with Crippen molar-refractivity contribution in [3.8, 4) is 5.75 Å². The molecular weight excluding hydrogens is 410 g/mol. The molecule has 0 aliphatic rings. The van der Waals surface area contributed by atoms with Gasteiger partial charge >= 0.3 is 0 Å². The largest absolute Gasteiger partial charge is 0.494 e. The van der Waals surface area contributed by atoms with E-state index in [1.165, 1.54) is 22.5 Å². The van der Waals surface area contributed by atoms with Gasteiger partial charge in [-0.2, -0.15) is 0 Å². The van der Waals surface area contributed by atoms with E-state index in [1.54, 1.807) is 0 Å². The Morgan fingerprint density at radius 3 is 2.58 bits per heavy atom. The molecule has 1 heterocycles. The van der Waals surface area contributed by atoms with Gasteiger partial charge in [0, 0.05) is 25.9 Å². The number of aromatic nitrogens is 2. The van der Waals surface area contributed by atoms with E-state index >= 15 is 0 Å². The van der Waals surface area contributed by atoms with Crippen LogP contribution >= 0.6 is 0 Å². The van der Waals surface area contributed by atoms with Crippen LogP contribution in [0.15, 0.2) is 42.5 Å². The molecule has 3 rings (SSSR count). The molecule has 0 spiro atoms. The van der Waals surface area contributed by atoms with E-state index in [2.05, 4.69) is 66.2 Å². The van der Waals surface area contributed by atoms with Crippen LogP contribution in [-0.2, 0) is 17.8 Å². The number of rotatable bonds is 14. The SMILES string of the molecule is CCCC(=O)NCCCCCc1nc2ccccc2n1CCCCOc1cc(C)cc(C)c1. The molecule has 1 aromatic heterocycles. The second kappa shape index (κ2) is 13.0. The molecule has 0 fully saturated rings. The predicted molar refractivity (Wildman–Crippen MR) is 136 cm³/mol. The van der Waals surface area contributed by atoms with Crippen LogP contribution < -0.4 is 10.1 Å². The van der Waals surface area contributed by atoms with Gasteiger partial charge in [0.05, 0.1) is 17.6 Å². The van der Waals surface area contributed by atoms with E-state index in [9.17, 15) is 4.79 Å². The van der Waals surface area contributed by atoms with Gasteiger partial charge in [0.15, 0.2) is 0 Å². The van der Waals surface area contributed by atoms with Gasteiger partial charge in [-0.05, 0) is 81.3 Å². The highest BCUT2D eigenvalue weighted by molar-refractivity contribution is 5.76. The van der Waals surface area contributed by atoms with Gasteiger partial charge in [-0.25, -0.2) is 4.98 Å². The number of fused-ring (bicyclic) bond motifs is 1.